The molecule has 8 nitrogen and oxygen atoms in total. The Balaban J connectivity index is 2.68. The molecule has 1 aromatic heterocycles. The highest BCUT2D eigenvalue weighted by Gasteiger charge is 2.17. The zero-order valence-corrected chi connectivity index (χ0v) is 9.70. The van der Waals surface area contributed by atoms with Crippen LogP contribution in [0.5, 0.6) is 0 Å². The lowest BCUT2D eigenvalue weighted by Gasteiger charge is -2.14. The van der Waals surface area contributed by atoms with E-state index in [9.17, 15) is 14.9 Å². The predicted molar refractivity (Wildman–Crippen MR) is 62.4 cm³/mol. The minimum atomic E-state index is -1.03. The maximum atomic E-state index is 10.9. The van der Waals surface area contributed by atoms with E-state index in [4.69, 9.17) is 9.84 Å². The van der Waals surface area contributed by atoms with Crippen molar-refractivity contribution in [1.29, 1.82) is 0 Å². The van der Waals surface area contributed by atoms with Crippen molar-refractivity contribution in [3.63, 3.8) is 0 Å². The third kappa shape index (κ3) is 3.98. The molecule has 0 aliphatic rings. The summed E-state index contributed by atoms with van der Waals surface area (Å²) in [7, 11) is 1.48. The van der Waals surface area contributed by atoms with Crippen molar-refractivity contribution < 1.29 is 19.6 Å². The van der Waals surface area contributed by atoms with E-state index < -0.39 is 16.9 Å². The topological polar surface area (TPSA) is 115 Å². The summed E-state index contributed by atoms with van der Waals surface area (Å²) in [6, 6.07) is 1.77. The summed E-state index contributed by atoms with van der Waals surface area (Å²) in [6.07, 6.45) is 1.34. The highest BCUT2D eigenvalue weighted by atomic mass is 16.6. The second-order valence-corrected chi connectivity index (χ2v) is 3.48. The van der Waals surface area contributed by atoms with Gasteiger partial charge in [-0.15, -0.1) is 0 Å². The van der Waals surface area contributed by atoms with Crippen molar-refractivity contribution in [2.45, 2.75) is 12.5 Å². The number of aliphatic carboxylic acids is 1. The molecule has 0 fully saturated rings. The van der Waals surface area contributed by atoms with Gasteiger partial charge in [-0.05, 0) is 6.07 Å². The van der Waals surface area contributed by atoms with Crippen LogP contribution < -0.4 is 5.32 Å². The normalized spacial score (nSPS) is 11.8. The summed E-state index contributed by atoms with van der Waals surface area (Å²) in [6.45, 7) is 0.289. The Kier molecular flexibility index (Phi) is 5.00. The second-order valence-electron chi connectivity index (χ2n) is 3.48. The number of hydrogen-bond acceptors (Lipinski definition) is 6. The average molecular weight is 255 g/mol. The second kappa shape index (κ2) is 6.50. The first-order valence-corrected chi connectivity index (χ1v) is 5.13. The molecule has 98 valence electrons. The van der Waals surface area contributed by atoms with Crippen molar-refractivity contribution in [3.8, 4) is 0 Å². The van der Waals surface area contributed by atoms with Crippen LogP contribution in [0, 0.1) is 10.1 Å². The predicted octanol–water partition coefficient (Wildman–Crippen LogP) is 0.891. The summed E-state index contributed by atoms with van der Waals surface area (Å²) < 4.78 is 4.80. The Labute approximate surface area is 103 Å². The SMILES string of the molecule is COCCC(Nc1ccc([N+](=O)[O-])cn1)C(=O)O. The Morgan fingerprint density at radius 1 is 1.67 bits per heavy atom. The van der Waals surface area contributed by atoms with Crippen LogP contribution in [0.25, 0.3) is 0 Å². The summed E-state index contributed by atoms with van der Waals surface area (Å²) in [5.74, 6) is -0.767. The van der Waals surface area contributed by atoms with Gasteiger partial charge in [-0.1, -0.05) is 0 Å². The van der Waals surface area contributed by atoms with Gasteiger partial charge in [0.1, 0.15) is 18.1 Å². The maximum Gasteiger partial charge on any atom is 0.326 e. The van der Waals surface area contributed by atoms with Gasteiger partial charge in [0.2, 0.25) is 0 Å². The van der Waals surface area contributed by atoms with Crippen molar-refractivity contribution in [1.82, 2.24) is 4.98 Å². The van der Waals surface area contributed by atoms with Crippen LogP contribution in [0.15, 0.2) is 18.3 Å². The van der Waals surface area contributed by atoms with Crippen LogP contribution in [0.2, 0.25) is 0 Å². The molecule has 0 bridgehead atoms. The van der Waals surface area contributed by atoms with Gasteiger partial charge in [0.05, 0.1) is 4.92 Å². The first kappa shape index (κ1) is 13.8. The molecular formula is C10H13N3O5. The van der Waals surface area contributed by atoms with E-state index in [0.717, 1.165) is 6.20 Å². The first-order chi connectivity index (χ1) is 8.54. The minimum absolute atomic E-state index is 0.149. The number of aromatic nitrogens is 1. The lowest BCUT2D eigenvalue weighted by molar-refractivity contribution is -0.385. The maximum absolute atomic E-state index is 10.9. The first-order valence-electron chi connectivity index (χ1n) is 5.13. The molecule has 0 amide bonds. The van der Waals surface area contributed by atoms with E-state index in [1.165, 1.54) is 19.2 Å². The van der Waals surface area contributed by atoms with Crippen LogP contribution in [0.1, 0.15) is 6.42 Å². The molecule has 0 saturated carbocycles. The van der Waals surface area contributed by atoms with Crippen LogP contribution in [-0.4, -0.2) is 40.7 Å². The number of hydrogen-bond donors (Lipinski definition) is 2. The molecule has 0 spiro atoms. The van der Waals surface area contributed by atoms with Crippen molar-refractivity contribution in [2.75, 3.05) is 19.0 Å². The summed E-state index contributed by atoms with van der Waals surface area (Å²) >= 11 is 0. The number of nitro groups is 1. The molecule has 0 aromatic carbocycles. The molecule has 1 aromatic rings. The molecule has 1 atom stereocenters. The van der Waals surface area contributed by atoms with Gasteiger partial charge in [-0.25, -0.2) is 9.78 Å². The number of carbonyl (C=O) groups is 1. The summed E-state index contributed by atoms with van der Waals surface area (Å²) in [4.78, 5) is 24.5. The van der Waals surface area contributed by atoms with E-state index in [0.29, 0.717) is 0 Å². The Morgan fingerprint density at radius 2 is 2.39 bits per heavy atom. The lowest BCUT2D eigenvalue weighted by atomic mass is 10.2. The molecule has 8 heteroatoms. The zero-order chi connectivity index (χ0) is 13.5. The number of ether oxygens (including phenoxy) is 1. The quantitative estimate of drug-likeness (QED) is 0.549. The molecule has 0 aliphatic carbocycles. The molecule has 0 aliphatic heterocycles. The molecule has 1 unspecified atom stereocenters. The van der Waals surface area contributed by atoms with E-state index in [2.05, 4.69) is 10.3 Å². The number of carboxylic acids is 1. The van der Waals surface area contributed by atoms with Crippen LogP contribution in [0.4, 0.5) is 11.5 Å². The monoisotopic (exact) mass is 255 g/mol. The molecule has 1 heterocycles. The highest BCUT2D eigenvalue weighted by Crippen LogP contribution is 2.13. The number of pyridine rings is 1. The molecule has 2 N–H and O–H groups in total. The molecular weight excluding hydrogens is 242 g/mol. The van der Waals surface area contributed by atoms with Crippen molar-refractivity contribution in [3.05, 3.63) is 28.4 Å². The van der Waals surface area contributed by atoms with Crippen molar-refractivity contribution in [2.24, 2.45) is 0 Å². The van der Waals surface area contributed by atoms with E-state index in [1.807, 2.05) is 0 Å². The minimum Gasteiger partial charge on any atom is -0.480 e. The van der Waals surface area contributed by atoms with Crippen LogP contribution in [0.3, 0.4) is 0 Å². The van der Waals surface area contributed by atoms with E-state index in [1.54, 1.807) is 0 Å². The largest absolute Gasteiger partial charge is 0.480 e. The van der Waals surface area contributed by atoms with Gasteiger partial charge in [-0.2, -0.15) is 0 Å². The Hall–Kier alpha value is -2.22. The number of anilines is 1. The third-order valence-corrected chi connectivity index (χ3v) is 2.19. The number of rotatable bonds is 7. The summed E-state index contributed by atoms with van der Waals surface area (Å²) in [5.41, 5.74) is -0.149. The smallest absolute Gasteiger partial charge is 0.326 e. The van der Waals surface area contributed by atoms with Gasteiger partial charge < -0.3 is 15.2 Å². The average Bonchev–Trinajstić information content (AvgIpc) is 2.34. The molecule has 18 heavy (non-hydrogen) atoms. The van der Waals surface area contributed by atoms with Gasteiger partial charge >= 0.3 is 5.97 Å². The fourth-order valence-electron chi connectivity index (χ4n) is 1.25. The van der Waals surface area contributed by atoms with Gasteiger partial charge in [-0.3, -0.25) is 10.1 Å². The van der Waals surface area contributed by atoms with E-state index in [-0.39, 0.29) is 24.5 Å². The number of nitrogens with zero attached hydrogens (tertiary/aromatic N) is 2. The summed E-state index contributed by atoms with van der Waals surface area (Å²) in [5, 5.41) is 22.0. The third-order valence-electron chi connectivity index (χ3n) is 2.19. The highest BCUT2D eigenvalue weighted by molar-refractivity contribution is 5.76. The van der Waals surface area contributed by atoms with E-state index >= 15 is 0 Å². The van der Waals surface area contributed by atoms with Gasteiger partial charge in [0, 0.05) is 26.2 Å². The van der Waals surface area contributed by atoms with Crippen LogP contribution in [-0.2, 0) is 9.53 Å². The Morgan fingerprint density at radius 3 is 2.83 bits per heavy atom. The molecule has 0 saturated heterocycles. The zero-order valence-electron chi connectivity index (χ0n) is 9.70. The fourth-order valence-corrected chi connectivity index (χ4v) is 1.25. The lowest BCUT2D eigenvalue weighted by Crippen LogP contribution is -2.30. The molecule has 0 radical (unpaired) electrons. The standard InChI is InChI=1S/C10H13N3O5/c1-18-5-4-8(10(14)15)12-9-3-2-7(6-11-9)13(16)17/h2-3,6,8H,4-5H2,1H3,(H,11,12)(H,14,15). The molecule has 1 rings (SSSR count). The van der Waals surface area contributed by atoms with Gasteiger partial charge in [0.25, 0.3) is 5.69 Å². The number of methoxy groups -OCH3 is 1. The van der Waals surface area contributed by atoms with Crippen LogP contribution >= 0.6 is 0 Å². The van der Waals surface area contributed by atoms with Crippen molar-refractivity contribution >= 4 is 17.5 Å². The Bertz CT molecular complexity index is 420. The van der Waals surface area contributed by atoms with Gasteiger partial charge in [0.15, 0.2) is 0 Å². The number of nitrogens with one attached hydrogen (secondary N) is 1. The fraction of sp³-hybridized carbons (Fsp3) is 0.400. The number of carboxylic acid groups (broad SMARTS) is 1.